The van der Waals surface area contributed by atoms with Crippen LogP contribution in [0.4, 0.5) is 11.5 Å². The van der Waals surface area contributed by atoms with Gasteiger partial charge in [-0.05, 0) is 37.1 Å². The number of hydrogen-bond acceptors (Lipinski definition) is 6. The molecular formula is C25H26N6O2. The fourth-order valence-electron chi connectivity index (χ4n) is 4.57. The zero-order chi connectivity index (χ0) is 22.8. The van der Waals surface area contributed by atoms with Crippen LogP contribution >= 0.6 is 0 Å². The normalized spacial score (nSPS) is 20.3. The molecule has 0 saturated carbocycles. The first-order valence-corrected chi connectivity index (χ1v) is 11.2. The van der Waals surface area contributed by atoms with Gasteiger partial charge >= 0.3 is 0 Å². The lowest BCUT2D eigenvalue weighted by Crippen LogP contribution is -2.37. The van der Waals surface area contributed by atoms with Crippen molar-refractivity contribution in [2.75, 3.05) is 25.5 Å². The summed E-state index contributed by atoms with van der Waals surface area (Å²) in [5.41, 5.74) is 2.56. The van der Waals surface area contributed by atoms with Gasteiger partial charge in [0.1, 0.15) is 5.82 Å². The predicted octanol–water partition coefficient (Wildman–Crippen LogP) is 3.42. The van der Waals surface area contributed by atoms with Gasteiger partial charge in [-0.1, -0.05) is 18.2 Å². The highest BCUT2D eigenvalue weighted by Gasteiger charge is 2.40. The lowest BCUT2D eigenvalue weighted by molar-refractivity contribution is -0.136. The van der Waals surface area contributed by atoms with Gasteiger partial charge in [-0.2, -0.15) is 0 Å². The van der Waals surface area contributed by atoms with E-state index in [0.29, 0.717) is 24.7 Å². The Balaban J connectivity index is 1.48. The van der Waals surface area contributed by atoms with Crippen LogP contribution in [-0.4, -0.2) is 56.7 Å². The first-order chi connectivity index (χ1) is 16.1. The summed E-state index contributed by atoms with van der Waals surface area (Å²) < 4.78 is 0. The minimum absolute atomic E-state index is 0.0168. The molecule has 8 nitrogen and oxygen atoms in total. The van der Waals surface area contributed by atoms with E-state index in [1.807, 2.05) is 53.4 Å². The summed E-state index contributed by atoms with van der Waals surface area (Å²) in [6.07, 6.45) is 5.45. The minimum Gasteiger partial charge on any atom is -0.345 e. The van der Waals surface area contributed by atoms with Crippen LogP contribution in [0.1, 0.15) is 31.1 Å². The molecule has 0 spiro atoms. The molecule has 2 aliphatic heterocycles. The van der Waals surface area contributed by atoms with E-state index in [2.05, 4.69) is 10.3 Å². The number of hydrogen-bond donors (Lipinski definition) is 1. The van der Waals surface area contributed by atoms with Gasteiger partial charge in [-0.3, -0.25) is 14.6 Å². The van der Waals surface area contributed by atoms with E-state index < -0.39 is 0 Å². The van der Waals surface area contributed by atoms with Gasteiger partial charge in [0.2, 0.25) is 11.8 Å². The molecule has 2 aliphatic rings. The molecule has 0 radical (unpaired) electrons. The summed E-state index contributed by atoms with van der Waals surface area (Å²) in [5, 5.41) is 3.36. The molecule has 2 amide bonds. The second-order valence-electron chi connectivity index (χ2n) is 8.59. The van der Waals surface area contributed by atoms with Crippen molar-refractivity contribution in [2.24, 2.45) is 5.92 Å². The van der Waals surface area contributed by atoms with Crippen LogP contribution in [0.25, 0.3) is 11.3 Å². The minimum atomic E-state index is -0.300. The number of amides is 2. The number of likely N-dealkylation sites (tertiary alicyclic amines) is 2. The summed E-state index contributed by atoms with van der Waals surface area (Å²) in [6.45, 7) is 1.12. The molecule has 3 aromatic rings. The van der Waals surface area contributed by atoms with Gasteiger partial charge in [-0.25, -0.2) is 9.97 Å². The van der Waals surface area contributed by atoms with Gasteiger partial charge in [0, 0.05) is 56.3 Å². The van der Waals surface area contributed by atoms with E-state index >= 15 is 0 Å². The second kappa shape index (κ2) is 8.97. The Morgan fingerprint density at radius 3 is 2.70 bits per heavy atom. The second-order valence-corrected chi connectivity index (χ2v) is 8.59. The van der Waals surface area contributed by atoms with Crippen LogP contribution < -0.4 is 5.32 Å². The number of rotatable bonds is 5. The van der Waals surface area contributed by atoms with Crippen LogP contribution in [0.2, 0.25) is 0 Å². The largest absolute Gasteiger partial charge is 0.345 e. The average Bonchev–Trinajstić information content (AvgIpc) is 3.46. The zero-order valence-corrected chi connectivity index (χ0v) is 18.5. The first kappa shape index (κ1) is 21.1. The van der Waals surface area contributed by atoms with Crippen LogP contribution in [0.3, 0.4) is 0 Å². The number of nitrogens with zero attached hydrogens (tertiary/aromatic N) is 5. The molecule has 0 aliphatic carbocycles. The topological polar surface area (TPSA) is 91.3 Å². The molecule has 2 fully saturated rings. The molecule has 2 saturated heterocycles. The van der Waals surface area contributed by atoms with Gasteiger partial charge in [0.05, 0.1) is 17.7 Å². The molecular weight excluding hydrogens is 416 g/mol. The van der Waals surface area contributed by atoms with Crippen molar-refractivity contribution in [2.45, 2.75) is 25.3 Å². The lowest BCUT2D eigenvalue weighted by Gasteiger charge is -2.26. The van der Waals surface area contributed by atoms with E-state index in [1.165, 1.54) is 0 Å². The summed E-state index contributed by atoms with van der Waals surface area (Å²) in [7, 11) is 1.75. The molecule has 1 aromatic carbocycles. The number of carbonyl (C=O) groups excluding carboxylic acids is 2. The molecule has 0 bridgehead atoms. The smallest absolute Gasteiger partial charge is 0.228 e. The zero-order valence-electron chi connectivity index (χ0n) is 18.5. The molecule has 33 heavy (non-hydrogen) atoms. The molecule has 8 heteroatoms. The quantitative estimate of drug-likeness (QED) is 0.651. The number of carbonyl (C=O) groups is 2. The van der Waals surface area contributed by atoms with Crippen molar-refractivity contribution in [3.05, 3.63) is 66.7 Å². The van der Waals surface area contributed by atoms with Crippen LogP contribution in [-0.2, 0) is 9.59 Å². The third-order valence-corrected chi connectivity index (χ3v) is 6.27. The number of para-hydroxylation sites is 1. The van der Waals surface area contributed by atoms with Crippen LogP contribution in [0, 0.1) is 5.92 Å². The maximum atomic E-state index is 13.3. The van der Waals surface area contributed by atoms with E-state index in [9.17, 15) is 9.59 Å². The Kier molecular flexibility index (Phi) is 5.73. The monoisotopic (exact) mass is 442 g/mol. The molecule has 168 valence electrons. The third kappa shape index (κ3) is 4.41. The van der Waals surface area contributed by atoms with E-state index in [1.54, 1.807) is 24.3 Å². The van der Waals surface area contributed by atoms with E-state index in [4.69, 9.17) is 9.97 Å². The Hall–Kier alpha value is -3.81. The third-order valence-electron chi connectivity index (χ3n) is 6.27. The molecule has 2 aromatic heterocycles. The Bertz CT molecular complexity index is 1150. The Morgan fingerprint density at radius 1 is 1.12 bits per heavy atom. The maximum absolute atomic E-state index is 13.3. The number of nitrogens with one attached hydrogen (secondary N) is 1. The van der Waals surface area contributed by atoms with Crippen molar-refractivity contribution in [1.29, 1.82) is 0 Å². The van der Waals surface area contributed by atoms with Crippen molar-refractivity contribution in [1.82, 2.24) is 24.8 Å². The van der Waals surface area contributed by atoms with Crippen molar-refractivity contribution < 1.29 is 9.59 Å². The van der Waals surface area contributed by atoms with Gasteiger partial charge in [0.25, 0.3) is 0 Å². The lowest BCUT2D eigenvalue weighted by atomic mass is 10.1. The standard InChI is InChI=1S/C25H26N6O2/c1-30-16-18(13-23(30)32)25(33)31-12-6-10-21(31)24-28-20(17-7-5-11-26-15-17)14-22(29-24)27-19-8-3-2-4-9-19/h2-5,7-9,11,14-15,18,21H,6,10,12-13,16H2,1H3,(H,27,28,29)/t18-,21-/m0/s1. The van der Waals surface area contributed by atoms with E-state index in [0.717, 1.165) is 29.8 Å². The number of pyridine rings is 1. The van der Waals surface area contributed by atoms with Gasteiger partial charge < -0.3 is 15.1 Å². The fourth-order valence-corrected chi connectivity index (χ4v) is 4.57. The van der Waals surface area contributed by atoms with Crippen molar-refractivity contribution in [3.8, 4) is 11.3 Å². The number of anilines is 2. The van der Waals surface area contributed by atoms with Gasteiger partial charge in [-0.15, -0.1) is 0 Å². The van der Waals surface area contributed by atoms with Crippen LogP contribution in [0.5, 0.6) is 0 Å². The Labute approximate surface area is 192 Å². The summed E-state index contributed by atoms with van der Waals surface area (Å²) >= 11 is 0. The SMILES string of the molecule is CN1C[C@@H](C(=O)N2CCC[C@H]2c2nc(Nc3ccccc3)cc(-c3cccnc3)n2)CC1=O. The summed E-state index contributed by atoms with van der Waals surface area (Å²) in [4.78, 5) is 42.7. The van der Waals surface area contributed by atoms with E-state index in [-0.39, 0.29) is 30.2 Å². The van der Waals surface area contributed by atoms with Crippen molar-refractivity contribution >= 4 is 23.3 Å². The average molecular weight is 443 g/mol. The predicted molar refractivity (Wildman–Crippen MR) is 124 cm³/mol. The molecule has 1 N–H and O–H groups in total. The van der Waals surface area contributed by atoms with Crippen LogP contribution in [0.15, 0.2) is 60.9 Å². The Morgan fingerprint density at radius 2 is 1.97 bits per heavy atom. The maximum Gasteiger partial charge on any atom is 0.228 e. The highest BCUT2D eigenvalue weighted by atomic mass is 16.2. The van der Waals surface area contributed by atoms with Crippen molar-refractivity contribution in [3.63, 3.8) is 0 Å². The highest BCUT2D eigenvalue weighted by Crippen LogP contribution is 2.35. The first-order valence-electron chi connectivity index (χ1n) is 11.2. The summed E-state index contributed by atoms with van der Waals surface area (Å²) in [6, 6.07) is 15.4. The molecule has 2 atom stereocenters. The van der Waals surface area contributed by atoms with Gasteiger partial charge in [0.15, 0.2) is 5.82 Å². The molecule has 0 unspecified atom stereocenters. The summed E-state index contributed by atoms with van der Waals surface area (Å²) in [5.74, 6) is 1.02. The molecule has 4 heterocycles. The highest BCUT2D eigenvalue weighted by molar-refractivity contribution is 5.89. The number of benzene rings is 1. The number of aromatic nitrogens is 3. The molecule has 5 rings (SSSR count). The fraction of sp³-hybridized carbons (Fsp3) is 0.320.